The molecule has 0 bridgehead atoms. The zero-order chi connectivity index (χ0) is 18.4. The predicted octanol–water partition coefficient (Wildman–Crippen LogP) is 5.15. The van der Waals surface area contributed by atoms with Crippen molar-refractivity contribution in [3.8, 4) is 0 Å². The molecule has 0 saturated heterocycles. The first-order chi connectivity index (χ1) is 12.6. The molecular formula is C21H18BrFN2O. The van der Waals surface area contributed by atoms with Gasteiger partial charge in [-0.05, 0) is 60.5 Å². The summed E-state index contributed by atoms with van der Waals surface area (Å²) in [7, 11) is 0. The van der Waals surface area contributed by atoms with Crippen LogP contribution in [0, 0.1) is 5.82 Å². The standard InChI is InChI=1S/C21H18BrFN2O/c22-17-7-11-20(12-8-17)25(15-19-3-1-2-14-24-19)21(26)13-6-16-4-9-18(23)10-5-16/h1-5,7-12,14H,6,13,15H2. The predicted molar refractivity (Wildman–Crippen MR) is 104 cm³/mol. The van der Waals surface area contributed by atoms with Crippen LogP contribution in [0.4, 0.5) is 10.1 Å². The number of hydrogen-bond acceptors (Lipinski definition) is 2. The molecule has 0 N–H and O–H groups in total. The second kappa shape index (κ2) is 8.72. The number of benzene rings is 2. The van der Waals surface area contributed by atoms with Crippen molar-refractivity contribution in [3.63, 3.8) is 0 Å². The van der Waals surface area contributed by atoms with Crippen LogP contribution >= 0.6 is 15.9 Å². The van der Waals surface area contributed by atoms with Gasteiger partial charge in [0.05, 0.1) is 12.2 Å². The van der Waals surface area contributed by atoms with E-state index >= 15 is 0 Å². The topological polar surface area (TPSA) is 33.2 Å². The van der Waals surface area contributed by atoms with Crippen molar-refractivity contribution in [1.29, 1.82) is 0 Å². The number of rotatable bonds is 6. The van der Waals surface area contributed by atoms with Gasteiger partial charge >= 0.3 is 0 Å². The monoisotopic (exact) mass is 412 g/mol. The fraction of sp³-hybridized carbons (Fsp3) is 0.143. The molecule has 0 aliphatic rings. The van der Waals surface area contributed by atoms with Gasteiger partial charge in [-0.15, -0.1) is 0 Å². The third-order valence-electron chi connectivity index (χ3n) is 4.03. The van der Waals surface area contributed by atoms with Crippen molar-refractivity contribution in [2.75, 3.05) is 4.90 Å². The highest BCUT2D eigenvalue weighted by Gasteiger charge is 2.17. The maximum absolute atomic E-state index is 13.0. The van der Waals surface area contributed by atoms with Crippen molar-refractivity contribution in [1.82, 2.24) is 4.98 Å². The largest absolute Gasteiger partial charge is 0.306 e. The molecule has 0 spiro atoms. The van der Waals surface area contributed by atoms with E-state index in [9.17, 15) is 9.18 Å². The maximum atomic E-state index is 13.0. The molecule has 5 heteroatoms. The third-order valence-corrected chi connectivity index (χ3v) is 4.56. The van der Waals surface area contributed by atoms with Crippen LogP contribution in [0.3, 0.4) is 0 Å². The van der Waals surface area contributed by atoms with E-state index in [2.05, 4.69) is 20.9 Å². The molecular weight excluding hydrogens is 395 g/mol. The van der Waals surface area contributed by atoms with Gasteiger partial charge in [0.15, 0.2) is 0 Å². The first kappa shape index (κ1) is 18.3. The highest BCUT2D eigenvalue weighted by molar-refractivity contribution is 9.10. The van der Waals surface area contributed by atoms with Gasteiger partial charge in [-0.2, -0.15) is 0 Å². The van der Waals surface area contributed by atoms with Gasteiger partial charge in [0, 0.05) is 22.8 Å². The van der Waals surface area contributed by atoms with Gasteiger partial charge in [0.25, 0.3) is 0 Å². The average Bonchev–Trinajstić information content (AvgIpc) is 2.67. The van der Waals surface area contributed by atoms with Gasteiger partial charge in [0.2, 0.25) is 5.91 Å². The van der Waals surface area contributed by atoms with Crippen molar-refractivity contribution in [2.24, 2.45) is 0 Å². The van der Waals surface area contributed by atoms with E-state index in [0.29, 0.717) is 19.4 Å². The minimum atomic E-state index is -0.272. The molecule has 2 aromatic carbocycles. The minimum Gasteiger partial charge on any atom is -0.306 e. The Bertz CT molecular complexity index is 851. The lowest BCUT2D eigenvalue weighted by Crippen LogP contribution is -2.31. The van der Waals surface area contributed by atoms with Crippen LogP contribution in [0.15, 0.2) is 77.4 Å². The summed E-state index contributed by atoms with van der Waals surface area (Å²) in [5.74, 6) is -0.269. The normalized spacial score (nSPS) is 10.5. The highest BCUT2D eigenvalue weighted by Crippen LogP contribution is 2.21. The number of amides is 1. The molecule has 0 saturated carbocycles. The molecule has 1 aromatic heterocycles. The minimum absolute atomic E-state index is 0.00213. The Balaban J connectivity index is 1.76. The molecule has 0 aliphatic heterocycles. The number of aromatic nitrogens is 1. The van der Waals surface area contributed by atoms with Crippen LogP contribution < -0.4 is 4.90 Å². The fourth-order valence-electron chi connectivity index (χ4n) is 2.64. The molecule has 0 radical (unpaired) electrons. The van der Waals surface area contributed by atoms with E-state index in [4.69, 9.17) is 0 Å². The molecule has 3 aromatic rings. The lowest BCUT2D eigenvalue weighted by molar-refractivity contribution is -0.118. The molecule has 1 amide bonds. The van der Waals surface area contributed by atoms with Crippen LogP contribution in [0.1, 0.15) is 17.7 Å². The molecule has 3 rings (SSSR count). The quantitative estimate of drug-likeness (QED) is 0.560. The smallest absolute Gasteiger partial charge is 0.227 e. The van der Waals surface area contributed by atoms with E-state index in [-0.39, 0.29) is 11.7 Å². The lowest BCUT2D eigenvalue weighted by atomic mass is 10.1. The molecule has 3 nitrogen and oxygen atoms in total. The second-order valence-electron chi connectivity index (χ2n) is 5.90. The van der Waals surface area contributed by atoms with Crippen molar-refractivity contribution in [3.05, 3.63) is 94.5 Å². The Morgan fingerprint density at radius 3 is 2.38 bits per heavy atom. The average molecular weight is 413 g/mol. The molecule has 132 valence electrons. The lowest BCUT2D eigenvalue weighted by Gasteiger charge is -2.23. The number of halogens is 2. The summed E-state index contributed by atoms with van der Waals surface area (Å²) in [6.07, 6.45) is 2.63. The van der Waals surface area contributed by atoms with Crippen LogP contribution in [-0.2, 0) is 17.8 Å². The Morgan fingerprint density at radius 2 is 1.73 bits per heavy atom. The third kappa shape index (κ3) is 4.99. The van der Waals surface area contributed by atoms with E-state index in [0.717, 1.165) is 21.4 Å². The number of aryl methyl sites for hydroxylation is 1. The van der Waals surface area contributed by atoms with E-state index < -0.39 is 0 Å². The van der Waals surface area contributed by atoms with E-state index in [1.807, 2.05) is 42.5 Å². The number of pyridine rings is 1. The van der Waals surface area contributed by atoms with E-state index in [1.54, 1.807) is 23.2 Å². The molecule has 0 fully saturated rings. The maximum Gasteiger partial charge on any atom is 0.227 e. The van der Waals surface area contributed by atoms with Crippen LogP contribution in [-0.4, -0.2) is 10.9 Å². The summed E-state index contributed by atoms with van der Waals surface area (Å²) in [5.41, 5.74) is 2.59. The van der Waals surface area contributed by atoms with Crippen molar-refractivity contribution < 1.29 is 9.18 Å². The number of anilines is 1. The number of nitrogens with zero attached hydrogens (tertiary/aromatic N) is 2. The van der Waals surface area contributed by atoms with Crippen LogP contribution in [0.25, 0.3) is 0 Å². The number of hydrogen-bond donors (Lipinski definition) is 0. The Morgan fingerprint density at radius 1 is 1.00 bits per heavy atom. The molecule has 26 heavy (non-hydrogen) atoms. The van der Waals surface area contributed by atoms with Crippen LogP contribution in [0.5, 0.6) is 0 Å². The SMILES string of the molecule is O=C(CCc1ccc(F)cc1)N(Cc1ccccn1)c1ccc(Br)cc1. The molecule has 0 atom stereocenters. The fourth-order valence-corrected chi connectivity index (χ4v) is 2.90. The molecule has 0 unspecified atom stereocenters. The van der Waals surface area contributed by atoms with Crippen LogP contribution in [0.2, 0.25) is 0 Å². The molecule has 1 heterocycles. The highest BCUT2D eigenvalue weighted by atomic mass is 79.9. The van der Waals surface area contributed by atoms with Gasteiger partial charge in [-0.25, -0.2) is 4.39 Å². The second-order valence-corrected chi connectivity index (χ2v) is 6.82. The summed E-state index contributed by atoms with van der Waals surface area (Å²) >= 11 is 3.42. The molecule has 0 aliphatic carbocycles. The van der Waals surface area contributed by atoms with E-state index in [1.165, 1.54) is 12.1 Å². The summed E-state index contributed by atoms with van der Waals surface area (Å²) in [6.45, 7) is 0.407. The van der Waals surface area contributed by atoms with Gasteiger partial charge < -0.3 is 4.90 Å². The first-order valence-electron chi connectivity index (χ1n) is 8.32. The Labute approximate surface area is 160 Å². The Hall–Kier alpha value is -2.53. The number of carbonyl (C=O) groups is 1. The summed E-state index contributed by atoms with van der Waals surface area (Å²) in [5, 5.41) is 0. The summed E-state index contributed by atoms with van der Waals surface area (Å²) in [6, 6.07) is 19.6. The van der Waals surface area contributed by atoms with Crippen molar-refractivity contribution in [2.45, 2.75) is 19.4 Å². The Kier molecular flexibility index (Phi) is 6.12. The summed E-state index contributed by atoms with van der Waals surface area (Å²) in [4.78, 5) is 18.9. The van der Waals surface area contributed by atoms with Gasteiger partial charge in [0.1, 0.15) is 5.82 Å². The van der Waals surface area contributed by atoms with Gasteiger partial charge in [-0.3, -0.25) is 9.78 Å². The van der Waals surface area contributed by atoms with Gasteiger partial charge in [-0.1, -0.05) is 34.1 Å². The van der Waals surface area contributed by atoms with Crippen molar-refractivity contribution >= 4 is 27.5 Å². The number of carbonyl (C=O) groups excluding carboxylic acids is 1. The summed E-state index contributed by atoms with van der Waals surface area (Å²) < 4.78 is 14.0. The zero-order valence-corrected chi connectivity index (χ0v) is 15.7. The zero-order valence-electron chi connectivity index (χ0n) is 14.1. The first-order valence-corrected chi connectivity index (χ1v) is 9.11.